The molecule has 1 heterocycles. The van der Waals surface area contributed by atoms with E-state index in [1.807, 2.05) is 17.5 Å². The smallest absolute Gasteiger partial charge is 0.335 e. The summed E-state index contributed by atoms with van der Waals surface area (Å²) in [5, 5.41) is 11.0. The highest BCUT2D eigenvalue weighted by molar-refractivity contribution is 7.92. The number of anilines is 1. The Balaban J connectivity index is 2.15. The number of carboxylic acids is 1. The number of carbonyl (C=O) groups is 1. The second-order valence-corrected chi connectivity index (χ2v) is 7.84. The van der Waals surface area contributed by atoms with Crippen molar-refractivity contribution < 1.29 is 18.3 Å². The van der Waals surface area contributed by atoms with E-state index >= 15 is 0 Å². The monoisotopic (exact) mass is 339 g/mol. The average molecular weight is 339 g/mol. The van der Waals surface area contributed by atoms with Crippen molar-refractivity contribution in [2.75, 3.05) is 10.5 Å². The topological polar surface area (TPSA) is 83.5 Å². The summed E-state index contributed by atoms with van der Waals surface area (Å²) in [5.74, 6) is -1.03. The lowest BCUT2D eigenvalue weighted by Gasteiger charge is -2.13. The van der Waals surface area contributed by atoms with Crippen LogP contribution in [0.2, 0.25) is 0 Å². The van der Waals surface area contributed by atoms with Gasteiger partial charge in [0.1, 0.15) is 0 Å². The number of benzene rings is 1. The Morgan fingerprint density at radius 2 is 1.95 bits per heavy atom. The third kappa shape index (κ3) is 3.86. The van der Waals surface area contributed by atoms with Crippen LogP contribution in [0.4, 0.5) is 5.69 Å². The van der Waals surface area contributed by atoms with Gasteiger partial charge in [0.2, 0.25) is 10.0 Å². The highest BCUT2D eigenvalue weighted by atomic mass is 32.2. The number of hydrogen-bond acceptors (Lipinski definition) is 4. The van der Waals surface area contributed by atoms with Gasteiger partial charge in [-0.3, -0.25) is 4.72 Å². The van der Waals surface area contributed by atoms with E-state index < -0.39 is 16.0 Å². The van der Waals surface area contributed by atoms with Gasteiger partial charge in [-0.05, 0) is 55.0 Å². The van der Waals surface area contributed by atoms with E-state index in [9.17, 15) is 13.2 Å². The van der Waals surface area contributed by atoms with Gasteiger partial charge in [-0.2, -0.15) is 0 Å². The molecule has 0 unspecified atom stereocenters. The van der Waals surface area contributed by atoms with E-state index in [4.69, 9.17) is 5.11 Å². The van der Waals surface area contributed by atoms with Crippen molar-refractivity contribution in [1.29, 1.82) is 0 Å². The van der Waals surface area contributed by atoms with Gasteiger partial charge in [0, 0.05) is 4.88 Å². The van der Waals surface area contributed by atoms with Crippen LogP contribution in [-0.2, 0) is 16.4 Å². The molecule has 0 aliphatic heterocycles. The summed E-state index contributed by atoms with van der Waals surface area (Å²) in [5.41, 5.74) is 1.79. The normalized spacial score (nSPS) is 11.4. The molecular weight excluding hydrogens is 322 g/mol. The molecule has 0 fully saturated rings. The van der Waals surface area contributed by atoms with E-state index in [1.165, 1.54) is 23.5 Å². The fraction of sp³-hybridized carbons (Fsp3) is 0.267. The zero-order valence-corrected chi connectivity index (χ0v) is 13.9. The minimum atomic E-state index is -3.47. The predicted octanol–water partition coefficient (Wildman–Crippen LogP) is 3.05. The minimum Gasteiger partial charge on any atom is -0.478 e. The van der Waals surface area contributed by atoms with Crippen LogP contribution in [0.25, 0.3) is 0 Å². The summed E-state index contributed by atoms with van der Waals surface area (Å²) in [7, 11) is -3.47. The fourth-order valence-corrected chi connectivity index (χ4v) is 4.06. The van der Waals surface area contributed by atoms with Crippen molar-refractivity contribution in [2.45, 2.75) is 20.3 Å². The zero-order valence-electron chi connectivity index (χ0n) is 12.3. The summed E-state index contributed by atoms with van der Waals surface area (Å²) in [6.45, 7) is 3.38. The molecule has 118 valence electrons. The molecule has 0 atom stereocenters. The standard InChI is InChI=1S/C15H17NO4S2/c1-10-11(2)14(6-5-13(10)15(17)18)16-22(19,20)9-7-12-4-3-8-21-12/h3-6,8,16H,7,9H2,1-2H3,(H,17,18). The van der Waals surface area contributed by atoms with Crippen molar-refractivity contribution in [2.24, 2.45) is 0 Å². The Bertz CT molecular complexity index is 780. The first-order valence-corrected chi connectivity index (χ1v) is 9.20. The maximum Gasteiger partial charge on any atom is 0.335 e. The molecule has 0 aliphatic rings. The Kier molecular flexibility index (Phi) is 4.87. The van der Waals surface area contributed by atoms with Crippen LogP contribution in [0.1, 0.15) is 26.4 Å². The van der Waals surface area contributed by atoms with Crippen LogP contribution in [0.15, 0.2) is 29.6 Å². The Morgan fingerprint density at radius 1 is 1.23 bits per heavy atom. The Morgan fingerprint density at radius 3 is 2.55 bits per heavy atom. The molecule has 0 bridgehead atoms. The molecule has 0 saturated heterocycles. The van der Waals surface area contributed by atoms with E-state index in [2.05, 4.69) is 4.72 Å². The van der Waals surface area contributed by atoms with E-state index in [0.717, 1.165) is 4.88 Å². The van der Waals surface area contributed by atoms with E-state index in [1.54, 1.807) is 13.8 Å². The van der Waals surface area contributed by atoms with Gasteiger partial charge in [0.15, 0.2) is 0 Å². The average Bonchev–Trinajstić information content (AvgIpc) is 2.95. The van der Waals surface area contributed by atoms with Crippen LogP contribution in [0.5, 0.6) is 0 Å². The van der Waals surface area contributed by atoms with Crippen LogP contribution >= 0.6 is 11.3 Å². The van der Waals surface area contributed by atoms with E-state index in [-0.39, 0.29) is 11.3 Å². The molecule has 22 heavy (non-hydrogen) atoms. The number of sulfonamides is 1. The van der Waals surface area contributed by atoms with Crippen LogP contribution in [0, 0.1) is 13.8 Å². The first kappa shape index (κ1) is 16.5. The van der Waals surface area contributed by atoms with Crippen LogP contribution in [-0.4, -0.2) is 25.2 Å². The summed E-state index contributed by atoms with van der Waals surface area (Å²) in [6.07, 6.45) is 0.457. The molecule has 1 aromatic carbocycles. The molecule has 0 spiro atoms. The highest BCUT2D eigenvalue weighted by Gasteiger charge is 2.16. The van der Waals surface area contributed by atoms with Gasteiger partial charge in [0.25, 0.3) is 0 Å². The molecule has 2 rings (SSSR count). The molecule has 0 aliphatic carbocycles. The SMILES string of the molecule is Cc1c(NS(=O)(=O)CCc2cccs2)ccc(C(=O)O)c1C. The van der Waals surface area contributed by atoms with Crippen molar-refractivity contribution in [3.05, 3.63) is 51.2 Å². The Hall–Kier alpha value is -1.86. The molecule has 2 aromatic rings. The predicted molar refractivity (Wildman–Crippen MR) is 88.3 cm³/mol. The van der Waals surface area contributed by atoms with Gasteiger partial charge in [0.05, 0.1) is 17.0 Å². The maximum absolute atomic E-state index is 12.2. The molecule has 7 heteroatoms. The first-order chi connectivity index (χ1) is 10.3. The Labute approximate surface area is 133 Å². The first-order valence-electron chi connectivity index (χ1n) is 6.66. The van der Waals surface area contributed by atoms with Gasteiger partial charge in [-0.1, -0.05) is 6.07 Å². The van der Waals surface area contributed by atoms with Crippen molar-refractivity contribution >= 4 is 33.0 Å². The third-order valence-corrected chi connectivity index (χ3v) is 5.69. The second-order valence-electron chi connectivity index (χ2n) is 4.97. The maximum atomic E-state index is 12.2. The van der Waals surface area contributed by atoms with Gasteiger partial charge in [-0.25, -0.2) is 13.2 Å². The molecular formula is C15H17NO4S2. The summed E-state index contributed by atoms with van der Waals surface area (Å²) < 4.78 is 26.8. The highest BCUT2D eigenvalue weighted by Crippen LogP contribution is 2.23. The summed E-state index contributed by atoms with van der Waals surface area (Å²) >= 11 is 1.52. The van der Waals surface area contributed by atoms with Gasteiger partial charge < -0.3 is 5.11 Å². The number of hydrogen-bond donors (Lipinski definition) is 2. The molecule has 2 N–H and O–H groups in total. The third-order valence-electron chi connectivity index (χ3n) is 3.48. The number of aromatic carboxylic acids is 1. The fourth-order valence-electron chi connectivity index (χ4n) is 2.07. The summed E-state index contributed by atoms with van der Waals surface area (Å²) in [4.78, 5) is 12.1. The number of nitrogens with one attached hydrogen (secondary N) is 1. The van der Waals surface area contributed by atoms with Crippen molar-refractivity contribution in [1.82, 2.24) is 0 Å². The lowest BCUT2D eigenvalue weighted by atomic mass is 10.0. The molecule has 0 amide bonds. The van der Waals surface area contributed by atoms with Gasteiger partial charge in [-0.15, -0.1) is 11.3 Å². The molecule has 0 saturated carbocycles. The van der Waals surface area contributed by atoms with Crippen LogP contribution in [0.3, 0.4) is 0 Å². The second kappa shape index (κ2) is 6.50. The largest absolute Gasteiger partial charge is 0.478 e. The summed E-state index contributed by atoms with van der Waals surface area (Å²) in [6, 6.07) is 6.70. The van der Waals surface area contributed by atoms with Gasteiger partial charge >= 0.3 is 5.97 Å². The molecule has 0 radical (unpaired) electrons. The number of rotatable bonds is 6. The minimum absolute atomic E-state index is 0.00726. The molecule has 5 nitrogen and oxygen atoms in total. The van der Waals surface area contributed by atoms with Crippen LogP contribution < -0.4 is 4.72 Å². The van der Waals surface area contributed by atoms with Crippen molar-refractivity contribution in [3.8, 4) is 0 Å². The lowest BCUT2D eigenvalue weighted by molar-refractivity contribution is 0.0696. The molecule has 1 aromatic heterocycles. The lowest BCUT2D eigenvalue weighted by Crippen LogP contribution is -2.19. The number of aryl methyl sites for hydroxylation is 1. The van der Waals surface area contributed by atoms with Crippen molar-refractivity contribution in [3.63, 3.8) is 0 Å². The number of carboxylic acid groups (broad SMARTS) is 1. The number of thiophene rings is 1. The quantitative estimate of drug-likeness (QED) is 0.847. The van der Waals surface area contributed by atoms with E-state index in [0.29, 0.717) is 23.2 Å². The zero-order chi connectivity index (χ0) is 16.3.